The Labute approximate surface area is 96.0 Å². The molecule has 0 saturated heterocycles. The molecule has 0 aromatic heterocycles. The van der Waals surface area contributed by atoms with Crippen molar-refractivity contribution in [3.8, 4) is 0 Å². The van der Waals surface area contributed by atoms with Crippen LogP contribution in [0.25, 0.3) is 0 Å². The fourth-order valence-corrected chi connectivity index (χ4v) is 1.59. The highest BCUT2D eigenvalue weighted by Gasteiger charge is 2.21. The molecule has 0 aliphatic carbocycles. The van der Waals surface area contributed by atoms with Gasteiger partial charge in [0.15, 0.2) is 0 Å². The Bertz CT molecular complexity index is 166. The molecule has 0 saturated carbocycles. The minimum atomic E-state index is 0.235. The van der Waals surface area contributed by atoms with Crippen LogP contribution in [0, 0.1) is 5.41 Å². The fourth-order valence-electron chi connectivity index (χ4n) is 1.59. The number of hydrogen-bond donors (Lipinski definition) is 2. The molecule has 0 aromatic carbocycles. The highest BCUT2D eigenvalue weighted by atomic mass is 15.0. The summed E-state index contributed by atoms with van der Waals surface area (Å²) in [5, 5.41) is 3.66. The molecule has 15 heavy (non-hydrogen) atoms. The lowest BCUT2D eigenvalue weighted by Gasteiger charge is -2.32. The molecular formula is C13H30N2. The molecular weight excluding hydrogens is 184 g/mol. The average molecular weight is 214 g/mol. The first kappa shape index (κ1) is 14.9. The molecule has 2 nitrogen and oxygen atoms in total. The first-order valence-corrected chi connectivity index (χ1v) is 6.34. The second kappa shape index (κ2) is 6.49. The lowest BCUT2D eigenvalue weighted by molar-refractivity contribution is 0.268. The van der Waals surface area contributed by atoms with Crippen molar-refractivity contribution in [3.05, 3.63) is 0 Å². The fraction of sp³-hybridized carbons (Fsp3) is 1.00. The molecule has 0 fully saturated rings. The van der Waals surface area contributed by atoms with Crippen molar-refractivity contribution in [2.45, 2.75) is 65.8 Å². The standard InChI is InChI=1S/C13H30N2/c1-6-12(3,4)9-11-15-13(5,7-2)8-10-14/h15H,6-11,14H2,1-5H3. The summed E-state index contributed by atoms with van der Waals surface area (Å²) in [6.45, 7) is 13.3. The summed E-state index contributed by atoms with van der Waals surface area (Å²) in [7, 11) is 0. The minimum Gasteiger partial charge on any atom is -0.330 e. The zero-order valence-electron chi connectivity index (χ0n) is 11.3. The number of rotatable bonds is 8. The highest BCUT2D eigenvalue weighted by molar-refractivity contribution is 4.82. The Hall–Kier alpha value is -0.0800. The van der Waals surface area contributed by atoms with E-state index in [1.54, 1.807) is 0 Å². The Kier molecular flexibility index (Phi) is 6.46. The summed E-state index contributed by atoms with van der Waals surface area (Å²) in [5.74, 6) is 0. The van der Waals surface area contributed by atoms with Gasteiger partial charge in [-0.25, -0.2) is 0 Å². The van der Waals surface area contributed by atoms with Crippen LogP contribution in [0.4, 0.5) is 0 Å². The summed E-state index contributed by atoms with van der Waals surface area (Å²) in [4.78, 5) is 0. The molecule has 0 spiro atoms. The van der Waals surface area contributed by atoms with Crippen molar-refractivity contribution < 1.29 is 0 Å². The second-order valence-electron chi connectivity index (χ2n) is 5.65. The molecule has 0 aliphatic heterocycles. The smallest absolute Gasteiger partial charge is 0.0162 e. The summed E-state index contributed by atoms with van der Waals surface area (Å²) >= 11 is 0. The summed E-state index contributed by atoms with van der Waals surface area (Å²) in [6, 6.07) is 0. The highest BCUT2D eigenvalue weighted by Crippen LogP contribution is 2.24. The van der Waals surface area contributed by atoms with E-state index in [1.165, 1.54) is 12.8 Å². The lowest BCUT2D eigenvalue weighted by atomic mass is 9.86. The second-order valence-corrected chi connectivity index (χ2v) is 5.65. The van der Waals surface area contributed by atoms with Crippen LogP contribution in [0.2, 0.25) is 0 Å². The van der Waals surface area contributed by atoms with Crippen LogP contribution in [0.15, 0.2) is 0 Å². The third-order valence-corrected chi connectivity index (χ3v) is 3.79. The number of nitrogens with one attached hydrogen (secondary N) is 1. The van der Waals surface area contributed by atoms with E-state index in [0.717, 1.165) is 25.9 Å². The van der Waals surface area contributed by atoms with E-state index in [9.17, 15) is 0 Å². The average Bonchev–Trinajstić information content (AvgIpc) is 2.18. The Morgan fingerprint density at radius 2 is 1.60 bits per heavy atom. The maximum absolute atomic E-state index is 5.63. The van der Waals surface area contributed by atoms with Crippen molar-refractivity contribution in [1.82, 2.24) is 5.32 Å². The first-order valence-electron chi connectivity index (χ1n) is 6.34. The van der Waals surface area contributed by atoms with Gasteiger partial charge in [-0.1, -0.05) is 34.1 Å². The van der Waals surface area contributed by atoms with Gasteiger partial charge in [-0.15, -0.1) is 0 Å². The van der Waals surface area contributed by atoms with Gasteiger partial charge in [0.25, 0.3) is 0 Å². The topological polar surface area (TPSA) is 38.0 Å². The first-order chi connectivity index (χ1) is 6.89. The molecule has 0 radical (unpaired) electrons. The van der Waals surface area contributed by atoms with Gasteiger partial charge < -0.3 is 11.1 Å². The molecule has 1 atom stereocenters. The maximum atomic E-state index is 5.63. The van der Waals surface area contributed by atoms with Gasteiger partial charge in [0.2, 0.25) is 0 Å². The molecule has 0 bridgehead atoms. The summed E-state index contributed by atoms with van der Waals surface area (Å²) in [6.07, 6.45) is 4.70. The largest absolute Gasteiger partial charge is 0.330 e. The van der Waals surface area contributed by atoms with Gasteiger partial charge in [-0.05, 0) is 44.7 Å². The van der Waals surface area contributed by atoms with Crippen molar-refractivity contribution >= 4 is 0 Å². The van der Waals surface area contributed by atoms with Crippen LogP contribution in [0.5, 0.6) is 0 Å². The van der Waals surface area contributed by atoms with Gasteiger partial charge in [-0.2, -0.15) is 0 Å². The molecule has 0 aromatic rings. The predicted octanol–water partition coefficient (Wildman–Crippen LogP) is 2.92. The lowest BCUT2D eigenvalue weighted by Crippen LogP contribution is -2.44. The van der Waals surface area contributed by atoms with E-state index in [2.05, 4.69) is 39.9 Å². The van der Waals surface area contributed by atoms with Gasteiger partial charge in [-0.3, -0.25) is 0 Å². The van der Waals surface area contributed by atoms with E-state index in [0.29, 0.717) is 5.41 Å². The van der Waals surface area contributed by atoms with Crippen molar-refractivity contribution in [2.75, 3.05) is 13.1 Å². The van der Waals surface area contributed by atoms with Crippen LogP contribution >= 0.6 is 0 Å². The Morgan fingerprint density at radius 3 is 2.00 bits per heavy atom. The molecule has 1 unspecified atom stereocenters. The predicted molar refractivity (Wildman–Crippen MR) is 69.1 cm³/mol. The van der Waals surface area contributed by atoms with Crippen LogP contribution in [-0.2, 0) is 0 Å². The van der Waals surface area contributed by atoms with Gasteiger partial charge in [0.05, 0.1) is 0 Å². The summed E-state index contributed by atoms with van der Waals surface area (Å²) < 4.78 is 0. The monoisotopic (exact) mass is 214 g/mol. The zero-order valence-corrected chi connectivity index (χ0v) is 11.3. The zero-order chi connectivity index (χ0) is 11.9. The number of hydrogen-bond acceptors (Lipinski definition) is 2. The van der Waals surface area contributed by atoms with E-state index in [-0.39, 0.29) is 5.54 Å². The number of nitrogens with two attached hydrogens (primary N) is 1. The van der Waals surface area contributed by atoms with E-state index < -0.39 is 0 Å². The Morgan fingerprint density at radius 1 is 1.00 bits per heavy atom. The third-order valence-electron chi connectivity index (χ3n) is 3.79. The summed E-state index contributed by atoms with van der Waals surface area (Å²) in [5.41, 5.74) is 6.33. The molecule has 0 heterocycles. The van der Waals surface area contributed by atoms with Gasteiger partial charge in [0.1, 0.15) is 0 Å². The molecule has 3 N–H and O–H groups in total. The molecule has 0 rings (SSSR count). The van der Waals surface area contributed by atoms with Crippen LogP contribution in [-0.4, -0.2) is 18.6 Å². The molecule has 0 amide bonds. The van der Waals surface area contributed by atoms with Crippen LogP contribution in [0.1, 0.15) is 60.3 Å². The van der Waals surface area contributed by atoms with E-state index in [1.807, 2.05) is 0 Å². The van der Waals surface area contributed by atoms with Gasteiger partial charge in [0, 0.05) is 5.54 Å². The molecule has 0 aliphatic rings. The van der Waals surface area contributed by atoms with E-state index >= 15 is 0 Å². The van der Waals surface area contributed by atoms with Crippen LogP contribution < -0.4 is 11.1 Å². The normalized spacial score (nSPS) is 16.4. The third kappa shape index (κ3) is 6.16. The van der Waals surface area contributed by atoms with Gasteiger partial charge >= 0.3 is 0 Å². The van der Waals surface area contributed by atoms with Crippen LogP contribution in [0.3, 0.4) is 0 Å². The minimum absolute atomic E-state index is 0.235. The Balaban J connectivity index is 3.91. The van der Waals surface area contributed by atoms with Crippen molar-refractivity contribution in [2.24, 2.45) is 11.1 Å². The SMILES string of the molecule is CCC(C)(C)CCNC(C)(CC)CCN. The molecule has 92 valence electrons. The molecule has 2 heteroatoms. The quantitative estimate of drug-likeness (QED) is 0.652. The van der Waals surface area contributed by atoms with Crippen molar-refractivity contribution in [1.29, 1.82) is 0 Å². The van der Waals surface area contributed by atoms with E-state index in [4.69, 9.17) is 5.73 Å². The van der Waals surface area contributed by atoms with Crippen molar-refractivity contribution in [3.63, 3.8) is 0 Å². The maximum Gasteiger partial charge on any atom is 0.0162 e.